The molecule has 0 saturated heterocycles. The summed E-state index contributed by atoms with van der Waals surface area (Å²) in [4.78, 5) is 31.8. The molecule has 0 bridgehead atoms. The van der Waals surface area contributed by atoms with E-state index in [1.165, 1.54) is 10.7 Å². The van der Waals surface area contributed by atoms with Crippen LogP contribution in [0.25, 0.3) is 5.65 Å². The van der Waals surface area contributed by atoms with E-state index in [1.54, 1.807) is 51.5 Å². The number of aromatic nitrogens is 4. The number of nitrogens with zero attached hydrogens (tertiary/aromatic N) is 4. The molecule has 0 spiro atoms. The van der Waals surface area contributed by atoms with Gasteiger partial charge in [-0.15, -0.1) is 0 Å². The Morgan fingerprint density at radius 1 is 1.21 bits per heavy atom. The fraction of sp³-hybridized carbons (Fsp3) is 0.409. The highest BCUT2D eigenvalue weighted by Crippen LogP contribution is 2.27. The monoisotopic (exact) mass is 456 g/mol. The Kier molecular flexibility index (Phi) is 7.00. The topological polar surface area (TPSA) is 140 Å². The van der Waals surface area contributed by atoms with Crippen LogP contribution < -0.4 is 15.4 Å². The van der Waals surface area contributed by atoms with E-state index in [1.807, 2.05) is 13.8 Å². The zero-order valence-corrected chi connectivity index (χ0v) is 19.2. The van der Waals surface area contributed by atoms with Gasteiger partial charge in [-0.1, -0.05) is 0 Å². The number of anilines is 1. The quantitative estimate of drug-likeness (QED) is 0.466. The summed E-state index contributed by atoms with van der Waals surface area (Å²) in [5, 5.41) is 19.2. The molecule has 3 aromatic heterocycles. The normalized spacial score (nSPS) is 13.2. The van der Waals surface area contributed by atoms with Crippen LogP contribution >= 0.6 is 0 Å². The second kappa shape index (κ2) is 9.72. The molecule has 33 heavy (non-hydrogen) atoms. The van der Waals surface area contributed by atoms with Gasteiger partial charge in [-0.3, -0.25) is 4.98 Å². The van der Waals surface area contributed by atoms with Crippen molar-refractivity contribution in [3.63, 3.8) is 0 Å². The summed E-state index contributed by atoms with van der Waals surface area (Å²) in [6.45, 7) is 9.40. The van der Waals surface area contributed by atoms with Gasteiger partial charge in [-0.05, 0) is 46.8 Å². The van der Waals surface area contributed by atoms with E-state index in [0.717, 1.165) is 5.56 Å². The lowest BCUT2D eigenvalue weighted by Crippen LogP contribution is -2.37. The lowest BCUT2D eigenvalue weighted by atomic mass is 10.1. The molecule has 3 rings (SSSR count). The fourth-order valence-electron chi connectivity index (χ4n) is 3.03. The number of carbonyl (C=O) groups excluding carboxylic acids is 1. The van der Waals surface area contributed by atoms with E-state index in [0.29, 0.717) is 11.6 Å². The first-order chi connectivity index (χ1) is 15.5. The number of aromatic carboxylic acids is 1. The molecule has 0 aliphatic heterocycles. The van der Waals surface area contributed by atoms with Gasteiger partial charge in [-0.2, -0.15) is 5.10 Å². The van der Waals surface area contributed by atoms with Gasteiger partial charge in [0.1, 0.15) is 28.8 Å². The number of carboxylic acid groups (broad SMARTS) is 1. The fourth-order valence-corrected chi connectivity index (χ4v) is 3.03. The van der Waals surface area contributed by atoms with Crippen LogP contribution in [0.4, 0.5) is 10.6 Å². The van der Waals surface area contributed by atoms with E-state index in [2.05, 4.69) is 25.7 Å². The summed E-state index contributed by atoms with van der Waals surface area (Å²) >= 11 is 0. The van der Waals surface area contributed by atoms with Gasteiger partial charge in [-0.25, -0.2) is 19.1 Å². The van der Waals surface area contributed by atoms with Crippen LogP contribution in [-0.4, -0.2) is 55.0 Å². The third-order valence-corrected chi connectivity index (χ3v) is 4.50. The van der Waals surface area contributed by atoms with Crippen molar-refractivity contribution in [2.45, 2.75) is 52.4 Å². The van der Waals surface area contributed by atoms with Crippen molar-refractivity contribution in [3.8, 4) is 5.75 Å². The van der Waals surface area contributed by atoms with Crippen LogP contribution in [0.2, 0.25) is 0 Å². The van der Waals surface area contributed by atoms with Crippen LogP contribution in [0.5, 0.6) is 5.75 Å². The number of pyridine rings is 1. The predicted molar refractivity (Wildman–Crippen MR) is 121 cm³/mol. The number of rotatable bonds is 8. The summed E-state index contributed by atoms with van der Waals surface area (Å²) in [5.41, 5.74) is 0.453. The highest BCUT2D eigenvalue weighted by Gasteiger charge is 2.19. The number of carbonyl (C=O) groups is 2. The number of alkyl carbamates (subject to hydrolysis) is 1. The zero-order chi connectivity index (χ0) is 24.2. The van der Waals surface area contributed by atoms with Crippen molar-refractivity contribution in [1.82, 2.24) is 24.9 Å². The Morgan fingerprint density at radius 2 is 1.97 bits per heavy atom. The molecule has 0 aromatic carbocycles. The Labute approximate surface area is 191 Å². The number of ether oxygens (including phenoxy) is 2. The molecule has 0 saturated carbocycles. The van der Waals surface area contributed by atoms with Crippen molar-refractivity contribution >= 4 is 23.5 Å². The first kappa shape index (κ1) is 23.8. The van der Waals surface area contributed by atoms with Gasteiger partial charge in [0.2, 0.25) is 0 Å². The number of carboxylic acids is 1. The van der Waals surface area contributed by atoms with Gasteiger partial charge in [0.15, 0.2) is 5.65 Å². The number of nitrogens with one attached hydrogen (secondary N) is 2. The van der Waals surface area contributed by atoms with Gasteiger partial charge in [0.05, 0.1) is 18.8 Å². The average molecular weight is 457 g/mol. The molecule has 1 amide bonds. The molecular weight excluding hydrogens is 428 g/mol. The largest absolute Gasteiger partial charge is 0.488 e. The molecule has 176 valence electrons. The second-order valence-corrected chi connectivity index (χ2v) is 8.54. The minimum absolute atomic E-state index is 0.0167. The van der Waals surface area contributed by atoms with E-state index >= 15 is 0 Å². The van der Waals surface area contributed by atoms with Gasteiger partial charge in [0.25, 0.3) is 0 Å². The van der Waals surface area contributed by atoms with Gasteiger partial charge >= 0.3 is 12.1 Å². The van der Waals surface area contributed by atoms with Gasteiger partial charge < -0.3 is 25.2 Å². The predicted octanol–water partition coefficient (Wildman–Crippen LogP) is 3.29. The molecule has 2 atom stereocenters. The molecular formula is C22H28N6O5. The molecule has 3 N–H and O–H groups in total. The highest BCUT2D eigenvalue weighted by atomic mass is 16.6. The van der Waals surface area contributed by atoms with Gasteiger partial charge in [0, 0.05) is 24.2 Å². The van der Waals surface area contributed by atoms with Crippen molar-refractivity contribution in [2.24, 2.45) is 0 Å². The summed E-state index contributed by atoms with van der Waals surface area (Å²) in [6, 6.07) is 3.19. The van der Waals surface area contributed by atoms with Crippen LogP contribution in [0, 0.1) is 0 Å². The number of fused-ring (bicyclic) bond motifs is 1. The second-order valence-electron chi connectivity index (χ2n) is 8.54. The Morgan fingerprint density at radius 3 is 2.67 bits per heavy atom. The standard InChI is InChI=1S/C22H28N6O5/c1-13(10-24-21(31)33-22(3,4)5)32-17-6-8-23-11-15(17)14(2)26-18-7-9-28-19(27-18)16(12-25-28)20(29)30/h6-9,11-14H,10H2,1-5H3,(H,24,31)(H,26,27)(H,29,30)/t13-,14+/m0/s1. The van der Waals surface area contributed by atoms with Crippen molar-refractivity contribution in [2.75, 3.05) is 11.9 Å². The van der Waals surface area contributed by atoms with Crippen molar-refractivity contribution in [1.29, 1.82) is 0 Å². The van der Waals surface area contributed by atoms with Crippen LogP contribution in [-0.2, 0) is 4.74 Å². The molecule has 0 radical (unpaired) electrons. The van der Waals surface area contributed by atoms with E-state index in [-0.39, 0.29) is 29.9 Å². The number of hydrogen-bond acceptors (Lipinski definition) is 8. The molecule has 3 heterocycles. The Hall–Kier alpha value is -3.89. The maximum Gasteiger partial charge on any atom is 0.407 e. The summed E-state index contributed by atoms with van der Waals surface area (Å²) in [7, 11) is 0. The van der Waals surface area contributed by atoms with Crippen LogP contribution in [0.3, 0.4) is 0 Å². The first-order valence-corrected chi connectivity index (χ1v) is 10.4. The Balaban J connectivity index is 1.68. The lowest BCUT2D eigenvalue weighted by molar-refractivity contribution is 0.0504. The van der Waals surface area contributed by atoms with Crippen molar-refractivity contribution < 1.29 is 24.2 Å². The summed E-state index contributed by atoms with van der Waals surface area (Å²) in [6.07, 6.45) is 5.36. The zero-order valence-electron chi connectivity index (χ0n) is 19.2. The van der Waals surface area contributed by atoms with Crippen LogP contribution in [0.15, 0.2) is 36.9 Å². The number of hydrogen-bond donors (Lipinski definition) is 3. The molecule has 0 unspecified atom stereocenters. The molecule has 3 aromatic rings. The summed E-state index contributed by atoms with van der Waals surface area (Å²) < 4.78 is 12.7. The Bertz CT molecular complexity index is 1140. The smallest absolute Gasteiger partial charge is 0.407 e. The van der Waals surface area contributed by atoms with Crippen molar-refractivity contribution in [3.05, 3.63) is 48.0 Å². The third-order valence-electron chi connectivity index (χ3n) is 4.50. The molecule has 0 aliphatic carbocycles. The minimum atomic E-state index is -1.10. The highest BCUT2D eigenvalue weighted by molar-refractivity contribution is 5.94. The number of amides is 1. The van der Waals surface area contributed by atoms with E-state index in [4.69, 9.17) is 9.47 Å². The lowest BCUT2D eigenvalue weighted by Gasteiger charge is -2.23. The molecule has 0 aliphatic rings. The molecule has 0 fully saturated rings. The van der Waals surface area contributed by atoms with E-state index in [9.17, 15) is 14.7 Å². The molecule has 11 nitrogen and oxygen atoms in total. The van der Waals surface area contributed by atoms with Crippen LogP contribution in [0.1, 0.15) is 56.6 Å². The summed E-state index contributed by atoms with van der Waals surface area (Å²) in [5.74, 6) is -0.0211. The SMILES string of the molecule is C[C@@H](CNC(=O)OC(C)(C)C)Oc1ccncc1[C@@H](C)Nc1ccn2ncc(C(=O)O)c2n1. The average Bonchev–Trinajstić information content (AvgIpc) is 3.15. The minimum Gasteiger partial charge on any atom is -0.488 e. The maximum absolute atomic E-state index is 11.9. The van der Waals surface area contributed by atoms with E-state index < -0.39 is 17.7 Å². The molecule has 11 heteroatoms. The first-order valence-electron chi connectivity index (χ1n) is 10.4. The third kappa shape index (κ3) is 6.31. The maximum atomic E-state index is 11.9.